The Morgan fingerprint density at radius 1 is 0.815 bits per heavy atom. The third kappa shape index (κ3) is 12.0. The Hall–Kier alpha value is -6.05. The van der Waals surface area contributed by atoms with Gasteiger partial charge in [-0.3, -0.25) is 14.4 Å². The lowest BCUT2D eigenvalue weighted by atomic mass is 10.0. The second-order valence-corrected chi connectivity index (χ2v) is 12.4. The van der Waals surface area contributed by atoms with Crippen molar-refractivity contribution in [2.24, 2.45) is 0 Å². The van der Waals surface area contributed by atoms with Crippen molar-refractivity contribution in [3.05, 3.63) is 113 Å². The fraction of sp³-hybridized carbons (Fsp3) is 0.300. The van der Waals surface area contributed by atoms with Gasteiger partial charge in [0.1, 0.15) is 29.5 Å². The van der Waals surface area contributed by atoms with Gasteiger partial charge in [-0.05, 0) is 78.2 Å². The van der Waals surface area contributed by atoms with Crippen molar-refractivity contribution in [3.8, 4) is 23.0 Å². The van der Waals surface area contributed by atoms with E-state index in [0.29, 0.717) is 23.5 Å². The number of nitrogens with one attached hydrogen (secondary N) is 1. The number of nitrogens with zero attached hydrogens (tertiary/aromatic N) is 1. The number of carbonyl (C=O) groups excluding carboxylic acids is 3. The third-order valence-corrected chi connectivity index (χ3v) is 8.21. The number of hydrogen-bond donors (Lipinski definition) is 3. The number of unbranched alkanes of at least 4 members (excludes halogenated alkanes) is 4. The number of alkyl halides is 3. The Kier molecular flexibility index (Phi) is 14.4. The molecule has 0 saturated carbocycles. The molecule has 0 heterocycles. The Bertz CT molecular complexity index is 1910. The van der Waals surface area contributed by atoms with Crippen LogP contribution >= 0.6 is 0 Å². The number of halogens is 3. The highest BCUT2D eigenvalue weighted by Crippen LogP contribution is 2.35. The number of aromatic hydroxyl groups is 1. The maximum Gasteiger partial charge on any atom is 0.416 e. The summed E-state index contributed by atoms with van der Waals surface area (Å²) in [4.78, 5) is 51.4. The summed E-state index contributed by atoms with van der Waals surface area (Å²) in [7, 11) is 1.22. The molecule has 3 N–H and O–H groups in total. The number of amides is 2. The van der Waals surface area contributed by atoms with Gasteiger partial charge in [0.15, 0.2) is 0 Å². The average Bonchev–Trinajstić information content (AvgIpc) is 3.13. The van der Waals surface area contributed by atoms with Gasteiger partial charge in [-0.15, -0.1) is 0 Å². The Labute approximate surface area is 310 Å². The lowest BCUT2D eigenvalue weighted by Gasteiger charge is -2.22. The zero-order valence-corrected chi connectivity index (χ0v) is 29.8. The van der Waals surface area contributed by atoms with E-state index in [1.165, 1.54) is 50.6 Å². The molecule has 0 aliphatic carbocycles. The highest BCUT2D eigenvalue weighted by atomic mass is 19.4. The summed E-state index contributed by atoms with van der Waals surface area (Å²) in [5.74, 6) is -3.36. The van der Waals surface area contributed by atoms with Gasteiger partial charge in [-0.2, -0.15) is 13.2 Å². The van der Waals surface area contributed by atoms with E-state index in [1.54, 1.807) is 36.4 Å². The standard InChI is InChI=1S/C40H41F3N2O9/c1-3-4-5-6-7-20-53-30-16-10-27(11-17-30)39(51)54-31-14-8-26(9-15-31)24-45(25-37(48)49)38(50)33-19-13-29(22-35(33)46)44-36(47)21-28-12-18-32(52-2)23-34(28)40(41,42)43/h8-19,22-23,46H,3-7,20-21,24-25H2,1-2H3,(H,44,47)(H,48,49). The lowest BCUT2D eigenvalue weighted by Crippen LogP contribution is -2.35. The van der Waals surface area contributed by atoms with Gasteiger partial charge in [-0.1, -0.05) is 50.8 Å². The van der Waals surface area contributed by atoms with Crippen LogP contribution in [-0.4, -0.2) is 59.1 Å². The number of methoxy groups -OCH3 is 1. The minimum atomic E-state index is -4.74. The van der Waals surface area contributed by atoms with Crippen molar-refractivity contribution in [1.82, 2.24) is 4.90 Å². The first-order valence-electron chi connectivity index (χ1n) is 17.2. The van der Waals surface area contributed by atoms with Crippen LogP contribution in [0.5, 0.6) is 23.0 Å². The molecule has 0 bridgehead atoms. The molecular weight excluding hydrogens is 709 g/mol. The normalized spacial score (nSPS) is 11.1. The van der Waals surface area contributed by atoms with E-state index in [4.69, 9.17) is 14.2 Å². The van der Waals surface area contributed by atoms with E-state index < -0.39 is 54.2 Å². The van der Waals surface area contributed by atoms with Crippen LogP contribution in [0.4, 0.5) is 18.9 Å². The second-order valence-electron chi connectivity index (χ2n) is 12.4. The maximum absolute atomic E-state index is 13.6. The van der Waals surface area contributed by atoms with E-state index in [9.17, 15) is 42.6 Å². The van der Waals surface area contributed by atoms with Gasteiger partial charge in [0, 0.05) is 18.3 Å². The predicted octanol–water partition coefficient (Wildman–Crippen LogP) is 7.90. The summed E-state index contributed by atoms with van der Waals surface area (Å²) in [5, 5.41) is 22.5. The van der Waals surface area contributed by atoms with Crippen molar-refractivity contribution in [1.29, 1.82) is 0 Å². The number of phenolic OH excluding ortho intramolecular Hbond substituents is 1. The molecule has 0 unspecified atom stereocenters. The second kappa shape index (κ2) is 19.1. The highest BCUT2D eigenvalue weighted by Gasteiger charge is 2.34. The molecular formula is C40H41F3N2O9. The van der Waals surface area contributed by atoms with Crippen molar-refractivity contribution in [2.45, 2.75) is 58.2 Å². The van der Waals surface area contributed by atoms with Crippen LogP contribution in [-0.2, 0) is 28.7 Å². The van der Waals surface area contributed by atoms with Crippen molar-refractivity contribution in [3.63, 3.8) is 0 Å². The summed E-state index contributed by atoms with van der Waals surface area (Å²) in [6.07, 6.45) is 0.211. The minimum Gasteiger partial charge on any atom is -0.507 e. The zero-order valence-electron chi connectivity index (χ0n) is 29.8. The third-order valence-electron chi connectivity index (χ3n) is 8.21. The van der Waals surface area contributed by atoms with Gasteiger partial charge >= 0.3 is 18.1 Å². The number of carbonyl (C=O) groups is 4. The molecule has 4 aromatic carbocycles. The van der Waals surface area contributed by atoms with E-state index in [1.807, 2.05) is 0 Å². The molecule has 0 radical (unpaired) electrons. The number of carboxylic acid groups (broad SMARTS) is 1. The smallest absolute Gasteiger partial charge is 0.416 e. The number of anilines is 1. The number of esters is 1. The molecule has 286 valence electrons. The molecule has 0 aliphatic heterocycles. The van der Waals surface area contributed by atoms with Crippen molar-refractivity contribution in [2.75, 3.05) is 25.6 Å². The summed E-state index contributed by atoms with van der Waals surface area (Å²) < 4.78 is 56.8. The maximum atomic E-state index is 13.6. The predicted molar refractivity (Wildman–Crippen MR) is 193 cm³/mol. The van der Waals surface area contributed by atoms with Crippen LogP contribution < -0.4 is 19.5 Å². The number of ether oxygens (including phenoxy) is 3. The summed E-state index contributed by atoms with van der Waals surface area (Å²) in [6, 6.07) is 19.3. The van der Waals surface area contributed by atoms with Crippen molar-refractivity contribution < 1.29 is 56.8 Å². The topological polar surface area (TPSA) is 152 Å². The minimum absolute atomic E-state index is 0.0107. The molecule has 0 aliphatic rings. The Balaban J connectivity index is 1.35. The first kappa shape index (κ1) is 40.7. The lowest BCUT2D eigenvalue weighted by molar-refractivity contribution is -0.139. The molecule has 0 saturated heterocycles. The first-order chi connectivity index (χ1) is 25.8. The zero-order chi connectivity index (χ0) is 39.3. The van der Waals surface area contributed by atoms with E-state index in [0.717, 1.165) is 42.0 Å². The summed E-state index contributed by atoms with van der Waals surface area (Å²) in [5.41, 5.74) is -0.829. The Morgan fingerprint density at radius 2 is 1.48 bits per heavy atom. The highest BCUT2D eigenvalue weighted by molar-refractivity contribution is 6.00. The Morgan fingerprint density at radius 3 is 2.11 bits per heavy atom. The SMILES string of the molecule is CCCCCCCOc1ccc(C(=O)Oc2ccc(CN(CC(=O)O)C(=O)c3ccc(NC(=O)Cc4ccc(OC)cc4C(F)(F)F)cc3O)cc2)cc1. The first-order valence-corrected chi connectivity index (χ1v) is 17.2. The van der Waals surface area contributed by atoms with E-state index >= 15 is 0 Å². The fourth-order valence-corrected chi connectivity index (χ4v) is 5.43. The molecule has 0 fully saturated rings. The van der Waals surface area contributed by atoms with Crippen LogP contribution in [0.15, 0.2) is 84.9 Å². The molecule has 2 amide bonds. The molecule has 0 atom stereocenters. The van der Waals surface area contributed by atoms with Crippen molar-refractivity contribution >= 4 is 29.4 Å². The number of benzene rings is 4. The average molecular weight is 751 g/mol. The molecule has 0 spiro atoms. The van der Waals surface area contributed by atoms with E-state index in [-0.39, 0.29) is 34.9 Å². The van der Waals surface area contributed by atoms with Gasteiger partial charge in [0.25, 0.3) is 5.91 Å². The monoisotopic (exact) mass is 750 g/mol. The van der Waals surface area contributed by atoms with E-state index in [2.05, 4.69) is 12.2 Å². The molecule has 11 nitrogen and oxygen atoms in total. The molecule has 4 rings (SSSR count). The van der Waals surface area contributed by atoms with Crippen LogP contribution in [0.1, 0.15) is 76.4 Å². The summed E-state index contributed by atoms with van der Waals surface area (Å²) in [6.45, 7) is 1.83. The van der Waals surface area contributed by atoms with Gasteiger partial charge in [0.05, 0.1) is 36.8 Å². The van der Waals surface area contributed by atoms with Gasteiger partial charge in [0.2, 0.25) is 5.91 Å². The summed E-state index contributed by atoms with van der Waals surface area (Å²) >= 11 is 0. The largest absolute Gasteiger partial charge is 0.507 e. The molecule has 54 heavy (non-hydrogen) atoms. The van der Waals surface area contributed by atoms with Crippen LogP contribution in [0.25, 0.3) is 0 Å². The van der Waals surface area contributed by atoms with Crippen LogP contribution in [0, 0.1) is 0 Å². The van der Waals surface area contributed by atoms with Crippen LogP contribution in [0.2, 0.25) is 0 Å². The quantitative estimate of drug-likeness (QED) is 0.0524. The molecule has 14 heteroatoms. The fourth-order valence-electron chi connectivity index (χ4n) is 5.43. The van der Waals surface area contributed by atoms with Gasteiger partial charge in [-0.25, -0.2) is 4.79 Å². The van der Waals surface area contributed by atoms with Crippen LogP contribution in [0.3, 0.4) is 0 Å². The number of phenols is 1. The number of aliphatic carboxylic acids is 1. The van der Waals surface area contributed by atoms with Gasteiger partial charge < -0.3 is 34.6 Å². The molecule has 0 aromatic heterocycles. The number of carboxylic acids is 1. The number of hydrogen-bond acceptors (Lipinski definition) is 8. The molecule has 4 aromatic rings. The number of rotatable bonds is 18.